The number of fused-ring (bicyclic) bond motifs is 1. The van der Waals surface area contributed by atoms with Crippen LogP contribution in [0.3, 0.4) is 0 Å². The van der Waals surface area contributed by atoms with Crippen LogP contribution in [0.25, 0.3) is 0 Å². The zero-order chi connectivity index (χ0) is 10.3. The molecule has 0 bridgehead atoms. The molecule has 0 aromatic carbocycles. The normalized spacial score (nSPS) is 20.1. The molecule has 76 valence electrons. The number of alkyl halides is 2. The summed E-state index contributed by atoms with van der Waals surface area (Å²) in [6.07, 6.45) is -2.06. The predicted octanol–water partition coefficient (Wildman–Crippen LogP) is 1.37. The Labute approximate surface area is 79.4 Å². The number of aromatic nitrogens is 2. The molecule has 0 radical (unpaired) electrons. The molecule has 1 aliphatic rings. The van der Waals surface area contributed by atoms with E-state index >= 15 is 0 Å². The van der Waals surface area contributed by atoms with E-state index < -0.39 is 12.1 Å². The lowest BCUT2D eigenvalue weighted by atomic mass is 10.1. The van der Waals surface area contributed by atoms with Crippen molar-refractivity contribution < 1.29 is 8.78 Å². The smallest absolute Gasteiger partial charge is 0.280 e. The largest absolute Gasteiger partial charge is 0.296 e. The van der Waals surface area contributed by atoms with E-state index in [9.17, 15) is 13.6 Å². The highest BCUT2D eigenvalue weighted by molar-refractivity contribution is 5.09. The second-order valence-corrected chi connectivity index (χ2v) is 3.66. The van der Waals surface area contributed by atoms with Crippen molar-refractivity contribution in [2.24, 2.45) is 5.92 Å². The van der Waals surface area contributed by atoms with Crippen LogP contribution in [0.5, 0.6) is 0 Å². The van der Waals surface area contributed by atoms with Gasteiger partial charge in [0.15, 0.2) is 0 Å². The first kappa shape index (κ1) is 9.30. The van der Waals surface area contributed by atoms with Crippen molar-refractivity contribution in [2.75, 3.05) is 0 Å². The molecule has 1 atom stereocenters. The minimum Gasteiger partial charge on any atom is -0.296 e. The van der Waals surface area contributed by atoms with E-state index in [1.807, 2.05) is 6.92 Å². The van der Waals surface area contributed by atoms with Crippen molar-refractivity contribution in [1.82, 2.24) is 9.55 Å². The highest BCUT2D eigenvalue weighted by Crippen LogP contribution is 2.20. The predicted molar refractivity (Wildman–Crippen MR) is 46.3 cm³/mol. The van der Waals surface area contributed by atoms with E-state index in [0.717, 1.165) is 6.07 Å². The number of hydrogen-bond donors (Lipinski definition) is 0. The van der Waals surface area contributed by atoms with E-state index in [1.54, 1.807) is 0 Å². The first-order valence-electron chi connectivity index (χ1n) is 4.46. The molecule has 0 spiro atoms. The minimum absolute atomic E-state index is 0.308. The molecule has 3 nitrogen and oxygen atoms in total. The van der Waals surface area contributed by atoms with Gasteiger partial charge in [-0.1, -0.05) is 6.92 Å². The van der Waals surface area contributed by atoms with Gasteiger partial charge in [-0.3, -0.25) is 9.36 Å². The average Bonchev–Trinajstić information content (AvgIpc) is 2.45. The topological polar surface area (TPSA) is 34.9 Å². The fourth-order valence-electron chi connectivity index (χ4n) is 1.72. The Bertz CT molecular complexity index is 414. The summed E-state index contributed by atoms with van der Waals surface area (Å²) in [7, 11) is 0. The van der Waals surface area contributed by atoms with Gasteiger partial charge in [0, 0.05) is 19.0 Å². The van der Waals surface area contributed by atoms with E-state index in [1.165, 1.54) is 4.57 Å². The fraction of sp³-hybridized carbons (Fsp3) is 0.556. The zero-order valence-electron chi connectivity index (χ0n) is 7.70. The van der Waals surface area contributed by atoms with Gasteiger partial charge in [0.1, 0.15) is 11.5 Å². The third-order valence-corrected chi connectivity index (χ3v) is 2.36. The zero-order valence-corrected chi connectivity index (χ0v) is 7.70. The Balaban J connectivity index is 2.51. The fourth-order valence-corrected chi connectivity index (χ4v) is 1.72. The second-order valence-electron chi connectivity index (χ2n) is 3.66. The summed E-state index contributed by atoms with van der Waals surface area (Å²) < 4.78 is 26.1. The van der Waals surface area contributed by atoms with Gasteiger partial charge in [-0.25, -0.2) is 13.8 Å². The summed E-state index contributed by atoms with van der Waals surface area (Å²) in [6, 6.07) is 0.923. The molecular formula is C9H10F2N2O. The quantitative estimate of drug-likeness (QED) is 0.686. The van der Waals surface area contributed by atoms with Crippen molar-refractivity contribution in [3.63, 3.8) is 0 Å². The SMILES string of the molecule is CC1Cc2nc(C(F)F)cc(=O)n2C1. The Morgan fingerprint density at radius 1 is 1.64 bits per heavy atom. The van der Waals surface area contributed by atoms with E-state index in [2.05, 4.69) is 4.98 Å². The van der Waals surface area contributed by atoms with Gasteiger partial charge in [0.05, 0.1) is 0 Å². The summed E-state index contributed by atoms with van der Waals surface area (Å²) in [4.78, 5) is 15.1. The summed E-state index contributed by atoms with van der Waals surface area (Å²) in [5.74, 6) is 0.795. The van der Waals surface area contributed by atoms with Gasteiger partial charge >= 0.3 is 0 Å². The highest BCUT2D eigenvalue weighted by atomic mass is 19.3. The molecule has 0 aliphatic carbocycles. The molecule has 0 saturated heterocycles. The lowest BCUT2D eigenvalue weighted by molar-refractivity contribution is 0.145. The van der Waals surface area contributed by atoms with Crippen LogP contribution < -0.4 is 5.56 Å². The van der Waals surface area contributed by atoms with E-state index in [4.69, 9.17) is 0 Å². The molecule has 5 heteroatoms. The number of hydrogen-bond acceptors (Lipinski definition) is 2. The molecule has 2 heterocycles. The van der Waals surface area contributed by atoms with Crippen LogP contribution in [0.2, 0.25) is 0 Å². The van der Waals surface area contributed by atoms with Crippen molar-refractivity contribution in [3.8, 4) is 0 Å². The van der Waals surface area contributed by atoms with Gasteiger partial charge in [0.25, 0.3) is 12.0 Å². The molecule has 0 saturated carbocycles. The molecule has 0 amide bonds. The standard InChI is InChI=1S/C9H10F2N2O/c1-5-2-7-12-6(9(10)11)3-8(14)13(7)4-5/h3,5,9H,2,4H2,1H3. The molecule has 2 rings (SSSR count). The van der Waals surface area contributed by atoms with Gasteiger partial charge in [0.2, 0.25) is 0 Å². The second kappa shape index (κ2) is 3.15. The van der Waals surface area contributed by atoms with Crippen molar-refractivity contribution in [3.05, 3.63) is 27.9 Å². The van der Waals surface area contributed by atoms with E-state index in [0.29, 0.717) is 24.7 Å². The van der Waals surface area contributed by atoms with Gasteiger partial charge in [-0.2, -0.15) is 0 Å². The molecular weight excluding hydrogens is 190 g/mol. The van der Waals surface area contributed by atoms with Crippen molar-refractivity contribution >= 4 is 0 Å². The lowest BCUT2D eigenvalue weighted by Crippen LogP contribution is -2.21. The maximum absolute atomic E-state index is 12.3. The Hall–Kier alpha value is -1.26. The highest BCUT2D eigenvalue weighted by Gasteiger charge is 2.22. The van der Waals surface area contributed by atoms with Crippen molar-refractivity contribution in [1.29, 1.82) is 0 Å². The number of rotatable bonds is 1. The lowest BCUT2D eigenvalue weighted by Gasteiger charge is -2.03. The first-order chi connectivity index (χ1) is 6.58. The molecule has 0 N–H and O–H groups in total. The van der Waals surface area contributed by atoms with Crippen LogP contribution in [-0.2, 0) is 13.0 Å². The summed E-state index contributed by atoms with van der Waals surface area (Å²) in [6.45, 7) is 2.56. The molecule has 0 fully saturated rings. The molecule has 1 aromatic rings. The summed E-state index contributed by atoms with van der Waals surface area (Å²) in [5, 5.41) is 0. The summed E-state index contributed by atoms with van der Waals surface area (Å²) >= 11 is 0. The van der Waals surface area contributed by atoms with E-state index in [-0.39, 0.29) is 5.56 Å². The van der Waals surface area contributed by atoms with Gasteiger partial charge in [-0.15, -0.1) is 0 Å². The number of nitrogens with zero attached hydrogens (tertiary/aromatic N) is 2. The van der Waals surface area contributed by atoms with Crippen LogP contribution in [0.15, 0.2) is 10.9 Å². The maximum Gasteiger partial charge on any atom is 0.280 e. The van der Waals surface area contributed by atoms with Crippen LogP contribution in [0, 0.1) is 5.92 Å². The summed E-state index contributed by atoms with van der Waals surface area (Å²) in [5.41, 5.74) is -0.773. The van der Waals surface area contributed by atoms with Crippen LogP contribution in [-0.4, -0.2) is 9.55 Å². The van der Waals surface area contributed by atoms with Crippen molar-refractivity contribution in [2.45, 2.75) is 26.3 Å². The third kappa shape index (κ3) is 1.42. The number of halogens is 2. The van der Waals surface area contributed by atoms with Crippen LogP contribution >= 0.6 is 0 Å². The third-order valence-electron chi connectivity index (χ3n) is 2.36. The molecule has 14 heavy (non-hydrogen) atoms. The Morgan fingerprint density at radius 2 is 2.36 bits per heavy atom. The molecule has 1 aliphatic heterocycles. The Kier molecular flexibility index (Phi) is 2.09. The molecule has 1 aromatic heterocycles. The minimum atomic E-state index is -2.66. The van der Waals surface area contributed by atoms with Gasteiger partial charge in [-0.05, 0) is 5.92 Å². The molecule has 1 unspecified atom stereocenters. The van der Waals surface area contributed by atoms with Crippen LogP contribution in [0.1, 0.15) is 24.9 Å². The first-order valence-corrected chi connectivity index (χ1v) is 4.46. The average molecular weight is 200 g/mol. The Morgan fingerprint density at radius 3 is 3.00 bits per heavy atom. The maximum atomic E-state index is 12.3. The monoisotopic (exact) mass is 200 g/mol. The van der Waals surface area contributed by atoms with Gasteiger partial charge < -0.3 is 0 Å². The van der Waals surface area contributed by atoms with Crippen LogP contribution in [0.4, 0.5) is 8.78 Å².